The Bertz CT molecular complexity index is 826. The number of rotatable bonds is 5. The molecule has 3 rings (SSSR count). The average molecular weight is 339 g/mol. The molecule has 122 valence electrons. The smallest absolute Gasteiger partial charge is 0.253 e. The van der Waals surface area contributed by atoms with Crippen LogP contribution in [-0.4, -0.2) is 10.9 Å². The third kappa shape index (κ3) is 4.11. The molecule has 0 radical (unpaired) electrons. The van der Waals surface area contributed by atoms with Gasteiger partial charge in [-0.3, -0.25) is 4.79 Å². The SMILES string of the molecule is Cc1ccc(Oc2ccc(CNC(=O)c3ccc(N)nc3)s2)cc1. The summed E-state index contributed by atoms with van der Waals surface area (Å²) in [7, 11) is 0. The standard InChI is InChI=1S/C18H17N3O2S/c1-12-2-5-14(6-3-12)23-17-9-7-15(24-17)11-21-18(22)13-4-8-16(19)20-10-13/h2-10H,11H2,1H3,(H2,19,20)(H,21,22). The number of aryl methyl sites for hydroxylation is 1. The van der Waals surface area contributed by atoms with Gasteiger partial charge in [-0.05, 0) is 43.3 Å². The number of nitrogens with one attached hydrogen (secondary N) is 1. The van der Waals surface area contributed by atoms with Crippen LogP contribution in [0.4, 0.5) is 5.82 Å². The van der Waals surface area contributed by atoms with E-state index in [9.17, 15) is 4.79 Å². The average Bonchev–Trinajstić information content (AvgIpc) is 3.03. The number of nitrogen functional groups attached to an aromatic ring is 1. The fourth-order valence-corrected chi connectivity index (χ4v) is 2.85. The van der Waals surface area contributed by atoms with Crippen LogP contribution < -0.4 is 15.8 Å². The molecule has 2 aromatic heterocycles. The predicted molar refractivity (Wildman–Crippen MR) is 95.4 cm³/mol. The predicted octanol–water partition coefficient (Wildman–Crippen LogP) is 3.76. The summed E-state index contributed by atoms with van der Waals surface area (Å²) in [6, 6.07) is 15.0. The number of aromatic nitrogens is 1. The van der Waals surface area contributed by atoms with Gasteiger partial charge in [-0.15, -0.1) is 11.3 Å². The summed E-state index contributed by atoms with van der Waals surface area (Å²) in [6.45, 7) is 2.47. The van der Waals surface area contributed by atoms with E-state index < -0.39 is 0 Å². The molecule has 0 aliphatic heterocycles. The van der Waals surface area contributed by atoms with Crippen molar-refractivity contribution in [3.05, 3.63) is 70.7 Å². The van der Waals surface area contributed by atoms with Gasteiger partial charge in [0.15, 0.2) is 5.06 Å². The molecule has 0 bridgehead atoms. The van der Waals surface area contributed by atoms with Gasteiger partial charge < -0.3 is 15.8 Å². The molecular formula is C18H17N3O2S. The van der Waals surface area contributed by atoms with Crippen molar-refractivity contribution in [3.63, 3.8) is 0 Å². The van der Waals surface area contributed by atoms with Gasteiger partial charge in [0.25, 0.3) is 5.91 Å². The molecule has 0 saturated heterocycles. The number of nitrogens with zero attached hydrogens (tertiary/aromatic N) is 1. The van der Waals surface area contributed by atoms with Gasteiger partial charge in [0.1, 0.15) is 11.6 Å². The molecule has 0 unspecified atom stereocenters. The molecule has 24 heavy (non-hydrogen) atoms. The number of pyridine rings is 1. The number of carbonyl (C=O) groups excluding carboxylic acids is 1. The molecule has 0 aliphatic carbocycles. The maximum absolute atomic E-state index is 12.0. The summed E-state index contributed by atoms with van der Waals surface area (Å²) in [5.41, 5.74) is 7.18. The van der Waals surface area contributed by atoms with Crippen molar-refractivity contribution in [1.29, 1.82) is 0 Å². The Balaban J connectivity index is 1.56. The van der Waals surface area contributed by atoms with Gasteiger partial charge >= 0.3 is 0 Å². The Morgan fingerprint density at radius 3 is 2.67 bits per heavy atom. The second-order valence-electron chi connectivity index (χ2n) is 5.29. The van der Waals surface area contributed by atoms with Gasteiger partial charge in [0.05, 0.1) is 12.1 Å². The molecule has 1 amide bonds. The molecule has 6 heteroatoms. The number of anilines is 1. The number of carbonyl (C=O) groups is 1. The van der Waals surface area contributed by atoms with Gasteiger partial charge in [-0.2, -0.15) is 0 Å². The van der Waals surface area contributed by atoms with E-state index in [1.54, 1.807) is 12.1 Å². The van der Waals surface area contributed by atoms with Crippen molar-refractivity contribution >= 4 is 23.1 Å². The molecule has 0 fully saturated rings. The largest absolute Gasteiger partial charge is 0.447 e. The Morgan fingerprint density at radius 1 is 1.17 bits per heavy atom. The molecule has 0 spiro atoms. The lowest BCUT2D eigenvalue weighted by Gasteiger charge is -2.04. The second kappa shape index (κ2) is 7.14. The first-order chi connectivity index (χ1) is 11.6. The molecular weight excluding hydrogens is 322 g/mol. The summed E-state index contributed by atoms with van der Waals surface area (Å²) >= 11 is 1.50. The van der Waals surface area contributed by atoms with Crippen LogP contribution in [0.3, 0.4) is 0 Å². The van der Waals surface area contributed by atoms with Crippen molar-refractivity contribution in [2.24, 2.45) is 0 Å². The quantitative estimate of drug-likeness (QED) is 0.742. The Hall–Kier alpha value is -2.86. The number of amides is 1. The first-order valence-corrected chi connectivity index (χ1v) is 8.25. The lowest BCUT2D eigenvalue weighted by molar-refractivity contribution is 0.0951. The van der Waals surface area contributed by atoms with Crippen LogP contribution in [0.5, 0.6) is 10.8 Å². The molecule has 3 N–H and O–H groups in total. The zero-order valence-electron chi connectivity index (χ0n) is 13.2. The third-order valence-corrected chi connectivity index (χ3v) is 4.31. The van der Waals surface area contributed by atoms with E-state index in [1.807, 2.05) is 43.3 Å². The van der Waals surface area contributed by atoms with E-state index in [-0.39, 0.29) is 5.91 Å². The monoisotopic (exact) mass is 339 g/mol. The first kappa shape index (κ1) is 16.0. The lowest BCUT2D eigenvalue weighted by Crippen LogP contribution is -2.22. The Morgan fingerprint density at radius 2 is 1.96 bits per heavy atom. The van der Waals surface area contributed by atoms with Crippen LogP contribution in [0.15, 0.2) is 54.7 Å². The van der Waals surface area contributed by atoms with Crippen molar-refractivity contribution in [3.8, 4) is 10.8 Å². The molecule has 5 nitrogen and oxygen atoms in total. The maximum atomic E-state index is 12.0. The van der Waals surface area contributed by atoms with E-state index in [2.05, 4.69) is 10.3 Å². The third-order valence-electron chi connectivity index (χ3n) is 3.35. The summed E-state index contributed by atoms with van der Waals surface area (Å²) in [5.74, 6) is 1.01. The lowest BCUT2D eigenvalue weighted by atomic mass is 10.2. The van der Waals surface area contributed by atoms with Crippen LogP contribution >= 0.6 is 11.3 Å². The van der Waals surface area contributed by atoms with E-state index in [4.69, 9.17) is 10.5 Å². The minimum atomic E-state index is -0.183. The highest BCUT2D eigenvalue weighted by Gasteiger charge is 2.07. The highest BCUT2D eigenvalue weighted by Crippen LogP contribution is 2.29. The highest BCUT2D eigenvalue weighted by molar-refractivity contribution is 7.13. The van der Waals surface area contributed by atoms with Crippen molar-refractivity contribution in [2.75, 3.05) is 5.73 Å². The number of hydrogen-bond acceptors (Lipinski definition) is 5. The number of thiophene rings is 1. The zero-order chi connectivity index (χ0) is 16.9. The number of hydrogen-bond donors (Lipinski definition) is 2. The van der Waals surface area contributed by atoms with Crippen LogP contribution in [0.25, 0.3) is 0 Å². The topological polar surface area (TPSA) is 77.2 Å². The summed E-state index contributed by atoms with van der Waals surface area (Å²) in [5, 5.41) is 3.64. The Kier molecular flexibility index (Phi) is 4.77. The fraction of sp³-hybridized carbons (Fsp3) is 0.111. The number of nitrogens with two attached hydrogens (primary N) is 1. The number of benzene rings is 1. The van der Waals surface area contributed by atoms with Crippen molar-refractivity contribution < 1.29 is 9.53 Å². The Labute approximate surface area is 144 Å². The number of ether oxygens (including phenoxy) is 1. The molecule has 3 aromatic rings. The van der Waals surface area contributed by atoms with Gasteiger partial charge in [-0.25, -0.2) is 4.98 Å². The van der Waals surface area contributed by atoms with E-state index in [0.717, 1.165) is 15.7 Å². The first-order valence-electron chi connectivity index (χ1n) is 7.43. The van der Waals surface area contributed by atoms with Gasteiger partial charge in [0, 0.05) is 11.1 Å². The van der Waals surface area contributed by atoms with E-state index in [1.165, 1.54) is 23.1 Å². The normalized spacial score (nSPS) is 10.4. The van der Waals surface area contributed by atoms with Crippen LogP contribution in [0.2, 0.25) is 0 Å². The van der Waals surface area contributed by atoms with Gasteiger partial charge in [-0.1, -0.05) is 17.7 Å². The van der Waals surface area contributed by atoms with E-state index in [0.29, 0.717) is 17.9 Å². The minimum Gasteiger partial charge on any atom is -0.447 e. The second-order valence-corrected chi connectivity index (χ2v) is 6.42. The van der Waals surface area contributed by atoms with Crippen LogP contribution in [-0.2, 0) is 6.54 Å². The van der Waals surface area contributed by atoms with E-state index >= 15 is 0 Å². The minimum absolute atomic E-state index is 0.183. The summed E-state index contributed by atoms with van der Waals surface area (Å²) < 4.78 is 5.80. The van der Waals surface area contributed by atoms with Crippen molar-refractivity contribution in [1.82, 2.24) is 10.3 Å². The maximum Gasteiger partial charge on any atom is 0.253 e. The summed E-state index contributed by atoms with van der Waals surface area (Å²) in [4.78, 5) is 17.0. The summed E-state index contributed by atoms with van der Waals surface area (Å²) in [6.07, 6.45) is 1.46. The molecule has 1 aromatic carbocycles. The molecule has 2 heterocycles. The molecule has 0 aliphatic rings. The highest BCUT2D eigenvalue weighted by atomic mass is 32.1. The molecule has 0 atom stereocenters. The van der Waals surface area contributed by atoms with Crippen molar-refractivity contribution in [2.45, 2.75) is 13.5 Å². The fourth-order valence-electron chi connectivity index (χ4n) is 2.04. The zero-order valence-corrected chi connectivity index (χ0v) is 14.0. The van der Waals surface area contributed by atoms with Crippen LogP contribution in [0.1, 0.15) is 20.8 Å². The molecule has 0 saturated carbocycles. The van der Waals surface area contributed by atoms with Gasteiger partial charge in [0.2, 0.25) is 0 Å². The van der Waals surface area contributed by atoms with Crippen LogP contribution in [0, 0.1) is 6.92 Å².